The number of benzene rings is 2. The highest BCUT2D eigenvalue weighted by atomic mass is 127. The van der Waals surface area contributed by atoms with E-state index >= 15 is 0 Å². The van der Waals surface area contributed by atoms with Crippen LogP contribution in [0.4, 0.5) is 0 Å². The highest BCUT2D eigenvalue weighted by Crippen LogP contribution is 2.14. The van der Waals surface area contributed by atoms with E-state index in [0.717, 1.165) is 36.8 Å². The molecule has 0 bridgehead atoms. The SMILES string of the molecule is CCOc1ccc(CN(C)C(=NC)NCCc2ccc(OCC(N)=O)cc2)cc1.I. The van der Waals surface area contributed by atoms with E-state index in [1.807, 2.05) is 50.4 Å². The van der Waals surface area contributed by atoms with Gasteiger partial charge < -0.3 is 25.4 Å². The highest BCUT2D eigenvalue weighted by molar-refractivity contribution is 14.0. The van der Waals surface area contributed by atoms with Gasteiger partial charge in [0.15, 0.2) is 12.6 Å². The summed E-state index contributed by atoms with van der Waals surface area (Å²) in [5.74, 6) is 1.86. The maximum Gasteiger partial charge on any atom is 0.255 e. The summed E-state index contributed by atoms with van der Waals surface area (Å²) in [4.78, 5) is 17.2. The number of hydrogen-bond donors (Lipinski definition) is 2. The fourth-order valence-electron chi connectivity index (χ4n) is 2.82. The van der Waals surface area contributed by atoms with Crippen molar-refractivity contribution in [3.8, 4) is 11.5 Å². The minimum Gasteiger partial charge on any atom is -0.494 e. The molecule has 164 valence electrons. The largest absolute Gasteiger partial charge is 0.494 e. The van der Waals surface area contributed by atoms with Crippen molar-refractivity contribution in [2.24, 2.45) is 10.7 Å². The molecule has 0 unspecified atom stereocenters. The van der Waals surface area contributed by atoms with Gasteiger partial charge in [-0.05, 0) is 48.7 Å². The van der Waals surface area contributed by atoms with Gasteiger partial charge in [-0.1, -0.05) is 24.3 Å². The first-order valence-electron chi connectivity index (χ1n) is 9.65. The zero-order chi connectivity index (χ0) is 21.1. The van der Waals surface area contributed by atoms with Crippen molar-refractivity contribution in [2.45, 2.75) is 19.9 Å². The fraction of sp³-hybridized carbons (Fsp3) is 0.364. The average Bonchev–Trinajstić information content (AvgIpc) is 2.72. The first kappa shape index (κ1) is 25.5. The number of hydrogen-bond acceptors (Lipinski definition) is 4. The Labute approximate surface area is 195 Å². The Kier molecular flexibility index (Phi) is 11.7. The van der Waals surface area contributed by atoms with Crippen LogP contribution in [0.15, 0.2) is 53.5 Å². The minimum absolute atomic E-state index is 0. The van der Waals surface area contributed by atoms with Gasteiger partial charge in [-0.2, -0.15) is 0 Å². The molecule has 0 saturated carbocycles. The Morgan fingerprint density at radius 2 is 1.60 bits per heavy atom. The van der Waals surface area contributed by atoms with Gasteiger partial charge in [0, 0.05) is 27.2 Å². The molecule has 2 aromatic rings. The molecule has 0 heterocycles. The Hall–Kier alpha value is -2.49. The topological polar surface area (TPSA) is 89.2 Å². The van der Waals surface area contributed by atoms with Crippen LogP contribution in [-0.2, 0) is 17.8 Å². The van der Waals surface area contributed by atoms with Crippen molar-refractivity contribution in [2.75, 3.05) is 33.9 Å². The molecule has 0 fully saturated rings. The Morgan fingerprint density at radius 1 is 1.03 bits per heavy atom. The summed E-state index contributed by atoms with van der Waals surface area (Å²) in [6.45, 7) is 4.03. The number of rotatable bonds is 10. The molecule has 2 aromatic carbocycles. The van der Waals surface area contributed by atoms with E-state index in [2.05, 4.69) is 27.3 Å². The lowest BCUT2D eigenvalue weighted by Crippen LogP contribution is -2.39. The minimum atomic E-state index is -0.487. The van der Waals surface area contributed by atoms with Crippen LogP contribution < -0.4 is 20.5 Å². The van der Waals surface area contributed by atoms with E-state index in [9.17, 15) is 4.79 Å². The van der Waals surface area contributed by atoms with E-state index < -0.39 is 5.91 Å². The Morgan fingerprint density at radius 3 is 2.13 bits per heavy atom. The molecule has 0 radical (unpaired) electrons. The molecule has 8 heteroatoms. The predicted octanol–water partition coefficient (Wildman–Crippen LogP) is 2.82. The summed E-state index contributed by atoms with van der Waals surface area (Å²) in [7, 11) is 3.79. The molecule has 0 saturated heterocycles. The molecule has 7 nitrogen and oxygen atoms in total. The Bertz CT molecular complexity index is 795. The molecule has 1 amide bonds. The van der Waals surface area contributed by atoms with Crippen LogP contribution in [0.25, 0.3) is 0 Å². The number of carbonyl (C=O) groups is 1. The maximum atomic E-state index is 10.8. The zero-order valence-corrected chi connectivity index (χ0v) is 20.1. The van der Waals surface area contributed by atoms with E-state index in [1.165, 1.54) is 5.56 Å². The van der Waals surface area contributed by atoms with Gasteiger partial charge in [0.25, 0.3) is 5.91 Å². The fourth-order valence-corrected chi connectivity index (χ4v) is 2.82. The van der Waals surface area contributed by atoms with Gasteiger partial charge in [-0.25, -0.2) is 0 Å². The van der Waals surface area contributed by atoms with Crippen LogP contribution in [0.3, 0.4) is 0 Å². The lowest BCUT2D eigenvalue weighted by molar-refractivity contribution is -0.119. The first-order chi connectivity index (χ1) is 14.0. The third kappa shape index (κ3) is 8.89. The monoisotopic (exact) mass is 526 g/mol. The third-order valence-electron chi connectivity index (χ3n) is 4.23. The lowest BCUT2D eigenvalue weighted by atomic mass is 10.1. The van der Waals surface area contributed by atoms with Crippen molar-refractivity contribution < 1.29 is 14.3 Å². The standard InChI is InChI=1S/C22H30N4O3.HI/c1-4-28-19-11-7-18(8-12-19)15-26(3)22(24-2)25-14-13-17-5-9-20(10-6-17)29-16-21(23)27;/h5-12H,4,13-16H2,1-3H3,(H2,23,27)(H,24,25);1H. The number of ether oxygens (including phenoxy) is 2. The van der Waals surface area contributed by atoms with Crippen LogP contribution in [0.2, 0.25) is 0 Å². The summed E-state index contributed by atoms with van der Waals surface area (Å²) in [6.07, 6.45) is 0.839. The number of aliphatic imine (C=N–C) groups is 1. The second kappa shape index (κ2) is 13.7. The van der Waals surface area contributed by atoms with E-state index in [4.69, 9.17) is 15.2 Å². The molecule has 0 aliphatic rings. The van der Waals surface area contributed by atoms with Crippen molar-refractivity contribution in [1.29, 1.82) is 0 Å². The second-order valence-electron chi connectivity index (χ2n) is 6.56. The number of halogens is 1. The van der Waals surface area contributed by atoms with Gasteiger partial charge in [-0.3, -0.25) is 9.79 Å². The van der Waals surface area contributed by atoms with E-state index in [0.29, 0.717) is 12.4 Å². The van der Waals surface area contributed by atoms with Crippen molar-refractivity contribution in [3.63, 3.8) is 0 Å². The number of guanidine groups is 1. The lowest BCUT2D eigenvalue weighted by Gasteiger charge is -2.22. The number of primary amides is 1. The molecule has 0 spiro atoms. The van der Waals surface area contributed by atoms with Crippen LogP contribution in [0, 0.1) is 0 Å². The smallest absolute Gasteiger partial charge is 0.255 e. The molecule has 2 rings (SSSR count). The molecule has 0 aliphatic carbocycles. The highest BCUT2D eigenvalue weighted by Gasteiger charge is 2.07. The summed E-state index contributed by atoms with van der Waals surface area (Å²) >= 11 is 0. The first-order valence-corrected chi connectivity index (χ1v) is 9.65. The number of carbonyl (C=O) groups excluding carboxylic acids is 1. The Balaban J connectivity index is 0.00000450. The van der Waals surface area contributed by atoms with E-state index in [-0.39, 0.29) is 30.6 Å². The summed E-state index contributed by atoms with van der Waals surface area (Å²) in [5, 5.41) is 3.38. The summed E-state index contributed by atoms with van der Waals surface area (Å²) in [5.41, 5.74) is 7.42. The predicted molar refractivity (Wildman–Crippen MR) is 131 cm³/mol. The van der Waals surface area contributed by atoms with Crippen LogP contribution >= 0.6 is 24.0 Å². The summed E-state index contributed by atoms with van der Waals surface area (Å²) < 4.78 is 10.8. The van der Waals surface area contributed by atoms with Crippen molar-refractivity contribution >= 4 is 35.8 Å². The molecule has 0 aliphatic heterocycles. The number of nitrogens with zero attached hydrogens (tertiary/aromatic N) is 2. The van der Waals surface area contributed by atoms with Gasteiger partial charge in [-0.15, -0.1) is 24.0 Å². The van der Waals surface area contributed by atoms with Crippen LogP contribution in [0.5, 0.6) is 11.5 Å². The third-order valence-corrected chi connectivity index (χ3v) is 4.23. The molecular formula is C22H31IN4O3. The van der Waals surface area contributed by atoms with Crippen LogP contribution in [0.1, 0.15) is 18.1 Å². The number of nitrogens with two attached hydrogens (primary N) is 1. The molecule has 0 atom stereocenters. The number of amides is 1. The number of nitrogens with one attached hydrogen (secondary N) is 1. The van der Waals surface area contributed by atoms with Gasteiger partial charge in [0.1, 0.15) is 11.5 Å². The molecule has 0 aromatic heterocycles. The normalized spacial score (nSPS) is 10.7. The van der Waals surface area contributed by atoms with Crippen molar-refractivity contribution in [3.05, 3.63) is 59.7 Å². The van der Waals surface area contributed by atoms with E-state index in [1.54, 1.807) is 7.05 Å². The van der Waals surface area contributed by atoms with Gasteiger partial charge in [0.2, 0.25) is 0 Å². The molecular weight excluding hydrogens is 495 g/mol. The quantitative estimate of drug-likeness (QED) is 0.283. The van der Waals surface area contributed by atoms with Gasteiger partial charge in [0.05, 0.1) is 6.61 Å². The molecule has 3 N–H and O–H groups in total. The average molecular weight is 526 g/mol. The summed E-state index contributed by atoms with van der Waals surface area (Å²) in [6, 6.07) is 15.7. The molecule has 30 heavy (non-hydrogen) atoms. The second-order valence-corrected chi connectivity index (χ2v) is 6.56. The zero-order valence-electron chi connectivity index (χ0n) is 17.8. The maximum absolute atomic E-state index is 10.8. The van der Waals surface area contributed by atoms with Crippen molar-refractivity contribution in [1.82, 2.24) is 10.2 Å². The van der Waals surface area contributed by atoms with Gasteiger partial charge >= 0.3 is 0 Å². The van der Waals surface area contributed by atoms with Crippen LogP contribution in [-0.4, -0.2) is 50.6 Å².